The van der Waals surface area contributed by atoms with Crippen molar-refractivity contribution in [3.63, 3.8) is 0 Å². The van der Waals surface area contributed by atoms with E-state index in [1.54, 1.807) is 0 Å². The number of hydrogen-bond acceptors (Lipinski definition) is 7. The van der Waals surface area contributed by atoms with E-state index >= 15 is 0 Å². The van der Waals surface area contributed by atoms with Gasteiger partial charge in [0.2, 0.25) is 0 Å². The van der Waals surface area contributed by atoms with Crippen LogP contribution in [0.5, 0.6) is 0 Å². The number of carbonyl (C=O) groups is 2. The van der Waals surface area contributed by atoms with Gasteiger partial charge in [0.05, 0.1) is 38.3 Å². The normalized spacial score (nSPS) is 26.1. The number of nitrogens with zero attached hydrogens (tertiary/aromatic N) is 2. The summed E-state index contributed by atoms with van der Waals surface area (Å²) in [7, 11) is 0. The van der Waals surface area contributed by atoms with E-state index in [0.717, 1.165) is 5.01 Å². The predicted octanol–water partition coefficient (Wildman–Crippen LogP) is -1.49. The standard InChI is InChI=1S/C5H8N2O4.C5H9NO3/c8-5(9)4-3-11-2-1-7(4)6-10;7-5(8)4-3-9-2-1-6-4/h4H,1-3H2,(H,8,9);4,6H,1-3H2,(H,7,8). The van der Waals surface area contributed by atoms with E-state index in [4.69, 9.17) is 19.7 Å². The highest BCUT2D eigenvalue weighted by Crippen LogP contribution is 2.06. The molecule has 0 aliphatic carbocycles. The minimum atomic E-state index is -1.08. The third-order valence-electron chi connectivity index (χ3n) is 2.71. The molecule has 0 aromatic carbocycles. The molecule has 0 aromatic heterocycles. The maximum Gasteiger partial charge on any atom is 0.330 e. The Bertz CT molecular complexity index is 346. The van der Waals surface area contributed by atoms with Crippen molar-refractivity contribution in [1.29, 1.82) is 0 Å². The first kappa shape index (κ1) is 16.3. The minimum absolute atomic E-state index is 0.0288. The van der Waals surface area contributed by atoms with Crippen LogP contribution in [0.3, 0.4) is 0 Å². The van der Waals surface area contributed by atoms with Crippen molar-refractivity contribution < 1.29 is 29.3 Å². The van der Waals surface area contributed by atoms with Crippen molar-refractivity contribution in [1.82, 2.24) is 10.3 Å². The average molecular weight is 291 g/mol. The molecule has 10 nitrogen and oxygen atoms in total. The van der Waals surface area contributed by atoms with Crippen molar-refractivity contribution in [2.24, 2.45) is 5.29 Å². The summed E-state index contributed by atoms with van der Waals surface area (Å²) < 4.78 is 9.75. The van der Waals surface area contributed by atoms with Gasteiger partial charge in [0.15, 0.2) is 6.04 Å². The lowest BCUT2D eigenvalue weighted by Crippen LogP contribution is -2.46. The fourth-order valence-corrected chi connectivity index (χ4v) is 1.62. The lowest BCUT2D eigenvalue weighted by atomic mass is 10.3. The Hall–Kier alpha value is -1.78. The van der Waals surface area contributed by atoms with Gasteiger partial charge < -0.3 is 25.0 Å². The van der Waals surface area contributed by atoms with Crippen LogP contribution in [0.15, 0.2) is 5.29 Å². The van der Waals surface area contributed by atoms with Gasteiger partial charge in [0.25, 0.3) is 0 Å². The number of hydrogen-bond donors (Lipinski definition) is 3. The molecule has 2 rings (SSSR count). The van der Waals surface area contributed by atoms with Crippen LogP contribution in [0.2, 0.25) is 0 Å². The van der Waals surface area contributed by atoms with E-state index in [1.807, 2.05) is 0 Å². The molecule has 2 unspecified atom stereocenters. The molecule has 3 N–H and O–H groups in total. The molecule has 0 radical (unpaired) electrons. The van der Waals surface area contributed by atoms with E-state index < -0.39 is 24.0 Å². The Balaban J connectivity index is 0.000000204. The highest BCUT2D eigenvalue weighted by atomic mass is 16.5. The third-order valence-corrected chi connectivity index (χ3v) is 2.71. The van der Waals surface area contributed by atoms with Crippen LogP contribution in [0.4, 0.5) is 0 Å². The van der Waals surface area contributed by atoms with Crippen molar-refractivity contribution in [3.05, 3.63) is 4.91 Å². The van der Waals surface area contributed by atoms with E-state index in [0.29, 0.717) is 19.8 Å². The van der Waals surface area contributed by atoms with Crippen LogP contribution in [0.25, 0.3) is 0 Å². The molecule has 2 saturated heterocycles. The van der Waals surface area contributed by atoms with Crippen LogP contribution >= 0.6 is 0 Å². The SMILES string of the molecule is O=C(O)C1COCCN1.O=NN1CCOCC1C(=O)O. The van der Waals surface area contributed by atoms with Crippen LogP contribution in [-0.2, 0) is 19.1 Å². The Morgan fingerprint density at radius 2 is 1.85 bits per heavy atom. The zero-order valence-corrected chi connectivity index (χ0v) is 10.7. The average Bonchev–Trinajstić information content (AvgIpc) is 2.48. The summed E-state index contributed by atoms with van der Waals surface area (Å²) in [6.07, 6.45) is 0. The van der Waals surface area contributed by atoms with Gasteiger partial charge in [0, 0.05) is 6.54 Å². The van der Waals surface area contributed by atoms with Crippen LogP contribution in [0, 0.1) is 4.91 Å². The summed E-state index contributed by atoms with van der Waals surface area (Å²) >= 11 is 0. The van der Waals surface area contributed by atoms with Gasteiger partial charge in [0.1, 0.15) is 6.04 Å². The zero-order chi connectivity index (χ0) is 15.0. The second kappa shape index (κ2) is 8.40. The third kappa shape index (κ3) is 5.07. The molecule has 2 aliphatic heterocycles. The maximum atomic E-state index is 10.4. The molecule has 2 atom stereocenters. The van der Waals surface area contributed by atoms with Crippen molar-refractivity contribution in [2.45, 2.75) is 12.1 Å². The van der Waals surface area contributed by atoms with Crippen LogP contribution in [-0.4, -0.2) is 78.8 Å². The molecule has 114 valence electrons. The first-order valence-corrected chi connectivity index (χ1v) is 6.00. The number of aliphatic carboxylic acids is 2. The van der Waals surface area contributed by atoms with E-state index in [-0.39, 0.29) is 19.8 Å². The summed E-state index contributed by atoms with van der Waals surface area (Å²) in [5.74, 6) is -1.92. The number of morpholine rings is 2. The Labute approximate surface area is 114 Å². The monoisotopic (exact) mass is 291 g/mol. The van der Waals surface area contributed by atoms with Gasteiger partial charge in [-0.1, -0.05) is 0 Å². The fraction of sp³-hybridized carbons (Fsp3) is 0.800. The second-order valence-electron chi connectivity index (χ2n) is 4.09. The topological polar surface area (TPSA) is 138 Å². The van der Waals surface area contributed by atoms with Crippen LogP contribution in [0.1, 0.15) is 0 Å². The molecule has 10 heteroatoms. The van der Waals surface area contributed by atoms with Crippen molar-refractivity contribution in [2.75, 3.05) is 39.5 Å². The Morgan fingerprint density at radius 1 is 1.15 bits per heavy atom. The highest BCUT2D eigenvalue weighted by Gasteiger charge is 2.29. The molecule has 0 saturated carbocycles. The predicted molar refractivity (Wildman–Crippen MR) is 65.0 cm³/mol. The Morgan fingerprint density at radius 3 is 2.25 bits per heavy atom. The van der Waals surface area contributed by atoms with Gasteiger partial charge in [-0.25, -0.2) is 9.80 Å². The van der Waals surface area contributed by atoms with Crippen LogP contribution < -0.4 is 5.32 Å². The van der Waals surface area contributed by atoms with Gasteiger partial charge in [-0.15, -0.1) is 4.91 Å². The number of carboxylic acids is 2. The van der Waals surface area contributed by atoms with Crippen molar-refractivity contribution in [3.8, 4) is 0 Å². The number of nitrogens with one attached hydrogen (secondary N) is 1. The first-order chi connectivity index (χ1) is 9.56. The number of nitroso groups, excluding NO2 is 1. The van der Waals surface area contributed by atoms with Crippen molar-refractivity contribution >= 4 is 11.9 Å². The van der Waals surface area contributed by atoms with E-state index in [9.17, 15) is 14.5 Å². The second-order valence-corrected chi connectivity index (χ2v) is 4.09. The summed E-state index contributed by atoms with van der Waals surface area (Å²) in [5, 5.41) is 23.3. The quantitative estimate of drug-likeness (QED) is 0.531. The van der Waals surface area contributed by atoms with E-state index in [2.05, 4.69) is 10.6 Å². The summed E-state index contributed by atoms with van der Waals surface area (Å²) in [4.78, 5) is 30.6. The molecule has 20 heavy (non-hydrogen) atoms. The largest absolute Gasteiger partial charge is 0.480 e. The smallest absolute Gasteiger partial charge is 0.330 e. The van der Waals surface area contributed by atoms with E-state index in [1.165, 1.54) is 0 Å². The highest BCUT2D eigenvalue weighted by molar-refractivity contribution is 5.74. The molecule has 0 amide bonds. The number of carboxylic acid groups (broad SMARTS) is 2. The fourth-order valence-electron chi connectivity index (χ4n) is 1.62. The summed E-state index contributed by atoms with van der Waals surface area (Å²) in [6.45, 7) is 2.17. The van der Waals surface area contributed by atoms with Gasteiger partial charge in [-0.2, -0.15) is 0 Å². The lowest BCUT2D eigenvalue weighted by molar-refractivity contribution is -0.149. The molecule has 2 aliphatic rings. The maximum absolute atomic E-state index is 10.4. The summed E-state index contributed by atoms with van der Waals surface area (Å²) in [5.41, 5.74) is 0. The molecule has 0 spiro atoms. The molecule has 0 bridgehead atoms. The minimum Gasteiger partial charge on any atom is -0.480 e. The van der Waals surface area contributed by atoms with Gasteiger partial charge in [-0.3, -0.25) is 4.79 Å². The molecule has 2 heterocycles. The summed E-state index contributed by atoms with van der Waals surface area (Å²) in [6, 6.07) is -1.42. The number of ether oxygens (including phenoxy) is 2. The van der Waals surface area contributed by atoms with Gasteiger partial charge >= 0.3 is 11.9 Å². The lowest BCUT2D eigenvalue weighted by Gasteiger charge is -2.27. The molecule has 0 aromatic rings. The Kier molecular flexibility index (Phi) is 6.84. The molecule has 2 fully saturated rings. The number of rotatable bonds is 3. The van der Waals surface area contributed by atoms with Gasteiger partial charge in [-0.05, 0) is 0 Å². The zero-order valence-electron chi connectivity index (χ0n) is 10.7. The molecular weight excluding hydrogens is 274 g/mol. The first-order valence-electron chi connectivity index (χ1n) is 6.00. The molecular formula is C10H17N3O7.